The average molecular weight is 367 g/mol. The summed E-state index contributed by atoms with van der Waals surface area (Å²) in [6.07, 6.45) is 0. The number of thiocarbonyl (C=S) groups is 1. The van der Waals surface area contributed by atoms with Crippen LogP contribution in [0.3, 0.4) is 0 Å². The summed E-state index contributed by atoms with van der Waals surface area (Å²) < 4.78 is 0. The Morgan fingerprint density at radius 2 is 1.81 bits per heavy atom. The molecule has 4 N–H and O–H groups in total. The van der Waals surface area contributed by atoms with Gasteiger partial charge in [0.05, 0.1) is 11.6 Å². The van der Waals surface area contributed by atoms with Crippen LogP contribution in [0.15, 0.2) is 53.7 Å². The van der Waals surface area contributed by atoms with Gasteiger partial charge in [0.2, 0.25) is 0 Å². The number of amides is 1. The highest BCUT2D eigenvalue weighted by Gasteiger charge is 2.30. The second-order valence-electron chi connectivity index (χ2n) is 6.36. The molecule has 2 aromatic rings. The number of carbonyl (C=O) groups is 1. The molecule has 1 unspecified atom stereocenters. The van der Waals surface area contributed by atoms with Crippen LogP contribution < -0.4 is 16.0 Å². The molecule has 5 nitrogen and oxygen atoms in total. The van der Waals surface area contributed by atoms with Gasteiger partial charge in [-0.25, -0.2) is 0 Å². The molecule has 0 spiro atoms. The van der Waals surface area contributed by atoms with Gasteiger partial charge in [-0.1, -0.05) is 24.3 Å². The maximum absolute atomic E-state index is 13.1. The molecule has 26 heavy (non-hydrogen) atoms. The van der Waals surface area contributed by atoms with Crippen molar-refractivity contribution in [3.8, 4) is 5.75 Å². The highest BCUT2D eigenvalue weighted by Crippen LogP contribution is 2.29. The Balaban J connectivity index is 1.96. The van der Waals surface area contributed by atoms with Crippen molar-refractivity contribution in [2.45, 2.75) is 26.8 Å². The molecule has 1 atom stereocenters. The third kappa shape index (κ3) is 3.55. The normalized spacial score (nSPS) is 16.7. The van der Waals surface area contributed by atoms with Crippen LogP contribution in [0.25, 0.3) is 0 Å². The van der Waals surface area contributed by atoms with E-state index < -0.39 is 6.04 Å². The van der Waals surface area contributed by atoms with E-state index in [0.29, 0.717) is 16.4 Å². The zero-order valence-corrected chi connectivity index (χ0v) is 15.7. The Morgan fingerprint density at radius 1 is 1.12 bits per heavy atom. The van der Waals surface area contributed by atoms with Crippen LogP contribution in [-0.2, 0) is 4.79 Å². The van der Waals surface area contributed by atoms with E-state index in [1.807, 2.05) is 39.0 Å². The number of aromatic hydroxyl groups is 1. The number of hydrogen-bond donors (Lipinski definition) is 4. The molecule has 134 valence electrons. The van der Waals surface area contributed by atoms with Gasteiger partial charge in [0.1, 0.15) is 5.75 Å². The summed E-state index contributed by atoms with van der Waals surface area (Å²) in [6, 6.07) is 12.2. The first kappa shape index (κ1) is 17.9. The number of benzene rings is 2. The second kappa shape index (κ2) is 7.17. The Bertz CT molecular complexity index is 904. The summed E-state index contributed by atoms with van der Waals surface area (Å²) in [4.78, 5) is 13.1. The Kier molecular flexibility index (Phi) is 4.95. The van der Waals surface area contributed by atoms with Crippen LogP contribution in [0.1, 0.15) is 29.7 Å². The quantitative estimate of drug-likeness (QED) is 0.626. The molecule has 1 heterocycles. The summed E-state index contributed by atoms with van der Waals surface area (Å²) in [5.41, 5.74) is 5.04. The minimum atomic E-state index is -0.394. The van der Waals surface area contributed by atoms with Crippen LogP contribution in [0.4, 0.5) is 5.69 Å². The molecule has 0 saturated carbocycles. The largest absolute Gasteiger partial charge is 0.508 e. The van der Waals surface area contributed by atoms with Crippen molar-refractivity contribution in [1.29, 1.82) is 0 Å². The topological polar surface area (TPSA) is 73.4 Å². The monoisotopic (exact) mass is 367 g/mol. The molecule has 3 rings (SSSR count). The van der Waals surface area contributed by atoms with E-state index in [1.54, 1.807) is 24.3 Å². The van der Waals surface area contributed by atoms with E-state index >= 15 is 0 Å². The summed E-state index contributed by atoms with van der Waals surface area (Å²) in [6.45, 7) is 5.83. The van der Waals surface area contributed by atoms with Gasteiger partial charge in [-0.05, 0) is 67.9 Å². The van der Waals surface area contributed by atoms with E-state index in [1.165, 1.54) is 0 Å². The predicted molar refractivity (Wildman–Crippen MR) is 107 cm³/mol. The summed E-state index contributed by atoms with van der Waals surface area (Å²) >= 11 is 5.26. The minimum absolute atomic E-state index is 0.173. The van der Waals surface area contributed by atoms with Crippen molar-refractivity contribution in [3.05, 3.63) is 70.4 Å². The maximum atomic E-state index is 13.1. The fraction of sp³-hybridized carbons (Fsp3) is 0.200. The molecular formula is C20H21N3O2S. The third-order valence-corrected chi connectivity index (χ3v) is 4.81. The molecule has 0 bridgehead atoms. The number of anilines is 1. The fourth-order valence-electron chi connectivity index (χ4n) is 2.99. The smallest absolute Gasteiger partial charge is 0.255 e. The Labute approximate surface area is 158 Å². The van der Waals surface area contributed by atoms with Gasteiger partial charge in [0.25, 0.3) is 5.91 Å². The van der Waals surface area contributed by atoms with Crippen LogP contribution >= 0.6 is 12.2 Å². The highest BCUT2D eigenvalue weighted by molar-refractivity contribution is 7.80. The van der Waals surface area contributed by atoms with Crippen molar-refractivity contribution in [3.63, 3.8) is 0 Å². The van der Waals surface area contributed by atoms with E-state index in [0.717, 1.165) is 22.4 Å². The average Bonchev–Trinajstić information content (AvgIpc) is 2.59. The number of phenols is 1. The molecule has 0 aromatic heterocycles. The van der Waals surface area contributed by atoms with Crippen molar-refractivity contribution in [2.24, 2.45) is 0 Å². The van der Waals surface area contributed by atoms with Gasteiger partial charge >= 0.3 is 0 Å². The molecule has 0 radical (unpaired) electrons. The Morgan fingerprint density at radius 3 is 2.50 bits per heavy atom. The lowest BCUT2D eigenvalue weighted by molar-refractivity contribution is -0.113. The highest BCUT2D eigenvalue weighted by atomic mass is 32.1. The Hall–Kier alpha value is -2.86. The van der Waals surface area contributed by atoms with Gasteiger partial charge < -0.3 is 21.1 Å². The number of carbonyl (C=O) groups excluding carboxylic acids is 1. The van der Waals surface area contributed by atoms with Gasteiger partial charge in [-0.2, -0.15) is 0 Å². The van der Waals surface area contributed by atoms with Crippen LogP contribution in [-0.4, -0.2) is 16.1 Å². The number of allylic oxidation sites excluding steroid dienone is 1. The molecule has 1 aliphatic heterocycles. The lowest BCUT2D eigenvalue weighted by Gasteiger charge is -2.30. The lowest BCUT2D eigenvalue weighted by Crippen LogP contribution is -2.45. The van der Waals surface area contributed by atoms with Crippen LogP contribution in [0.2, 0.25) is 0 Å². The first-order chi connectivity index (χ1) is 12.4. The number of phenolic OH excluding ortho intramolecular Hbond substituents is 1. The van der Waals surface area contributed by atoms with Crippen molar-refractivity contribution >= 4 is 28.9 Å². The number of aryl methyl sites for hydroxylation is 1. The van der Waals surface area contributed by atoms with E-state index in [9.17, 15) is 9.90 Å². The van der Waals surface area contributed by atoms with E-state index in [4.69, 9.17) is 12.2 Å². The number of rotatable bonds is 3. The second-order valence-corrected chi connectivity index (χ2v) is 6.77. The molecule has 0 saturated heterocycles. The van der Waals surface area contributed by atoms with Gasteiger partial charge in [0, 0.05) is 11.4 Å². The molecule has 0 aliphatic carbocycles. The first-order valence-electron chi connectivity index (χ1n) is 8.31. The first-order valence-corrected chi connectivity index (χ1v) is 8.72. The number of hydrogen-bond acceptors (Lipinski definition) is 3. The number of nitrogens with one attached hydrogen (secondary N) is 3. The summed E-state index contributed by atoms with van der Waals surface area (Å²) in [7, 11) is 0. The van der Waals surface area contributed by atoms with Gasteiger partial charge in [-0.15, -0.1) is 0 Å². The standard InChI is InChI=1S/C20H21N3O2S/c1-11-5-4-6-16(12(11)2)22-19(25)17-13(3)21-20(26)23-18(17)14-7-9-15(24)10-8-14/h4-10,18,24H,1-3H3,(H,22,25)(H2,21,23,26). The zero-order chi connectivity index (χ0) is 18.8. The zero-order valence-electron chi connectivity index (χ0n) is 14.9. The summed E-state index contributed by atoms with van der Waals surface area (Å²) in [5, 5.41) is 19.2. The molecule has 1 amide bonds. The molecule has 0 fully saturated rings. The molecule has 6 heteroatoms. The molecule has 2 aromatic carbocycles. The fourth-order valence-corrected chi connectivity index (χ4v) is 3.26. The third-order valence-electron chi connectivity index (χ3n) is 4.59. The SMILES string of the molecule is CC1=C(C(=O)Nc2cccc(C)c2C)C(c2ccc(O)cc2)NC(=S)N1. The lowest BCUT2D eigenvalue weighted by atomic mass is 9.94. The summed E-state index contributed by atoms with van der Waals surface area (Å²) in [5.74, 6) is -0.0240. The van der Waals surface area contributed by atoms with Crippen molar-refractivity contribution in [2.75, 3.05) is 5.32 Å². The predicted octanol–water partition coefficient (Wildman–Crippen LogP) is 3.44. The maximum Gasteiger partial charge on any atom is 0.255 e. The van der Waals surface area contributed by atoms with Crippen molar-refractivity contribution < 1.29 is 9.90 Å². The molecular weight excluding hydrogens is 346 g/mol. The van der Waals surface area contributed by atoms with Gasteiger partial charge in [0.15, 0.2) is 5.11 Å². The van der Waals surface area contributed by atoms with Crippen LogP contribution in [0, 0.1) is 13.8 Å². The van der Waals surface area contributed by atoms with Crippen molar-refractivity contribution in [1.82, 2.24) is 10.6 Å². The molecule has 1 aliphatic rings. The van der Waals surface area contributed by atoms with Gasteiger partial charge in [-0.3, -0.25) is 4.79 Å². The van der Waals surface area contributed by atoms with E-state index in [2.05, 4.69) is 16.0 Å². The minimum Gasteiger partial charge on any atom is -0.508 e. The van der Waals surface area contributed by atoms with Crippen LogP contribution in [0.5, 0.6) is 5.75 Å². The van der Waals surface area contributed by atoms with E-state index in [-0.39, 0.29) is 11.7 Å².